The van der Waals surface area contributed by atoms with Gasteiger partial charge in [-0.2, -0.15) is 0 Å². The molecule has 3 aromatic rings. The van der Waals surface area contributed by atoms with E-state index < -0.39 is 5.54 Å². The van der Waals surface area contributed by atoms with Crippen LogP contribution in [0.5, 0.6) is 17.4 Å². The maximum absolute atomic E-state index is 7.23. The van der Waals surface area contributed by atoms with Crippen LogP contribution in [0.2, 0.25) is 0 Å². The molecule has 0 amide bonds. The van der Waals surface area contributed by atoms with Crippen LogP contribution in [0.3, 0.4) is 0 Å². The van der Waals surface area contributed by atoms with Crippen LogP contribution in [0.4, 0.5) is 0 Å². The number of hydrogen-bond donors (Lipinski definition) is 1. The first-order chi connectivity index (χ1) is 17.0. The second kappa shape index (κ2) is 11.1. The molecule has 2 N–H and O–H groups in total. The van der Waals surface area contributed by atoms with Crippen LogP contribution >= 0.6 is 11.3 Å². The van der Waals surface area contributed by atoms with Gasteiger partial charge in [0.25, 0.3) is 0 Å². The lowest BCUT2D eigenvalue weighted by molar-refractivity contribution is -0.142. The third-order valence-corrected chi connectivity index (χ3v) is 7.53. The summed E-state index contributed by atoms with van der Waals surface area (Å²) >= 11 is 1.57. The van der Waals surface area contributed by atoms with Crippen molar-refractivity contribution in [3.8, 4) is 28.6 Å². The van der Waals surface area contributed by atoms with Crippen molar-refractivity contribution in [3.63, 3.8) is 0 Å². The molecule has 3 heterocycles. The molecule has 1 aromatic carbocycles. The summed E-state index contributed by atoms with van der Waals surface area (Å²) in [5.41, 5.74) is 9.99. The highest BCUT2D eigenvalue weighted by molar-refractivity contribution is 7.16. The van der Waals surface area contributed by atoms with Crippen molar-refractivity contribution in [2.75, 3.05) is 48.4 Å². The van der Waals surface area contributed by atoms with Crippen molar-refractivity contribution in [3.05, 3.63) is 28.6 Å². The molecule has 0 radical (unpaired) electrons. The van der Waals surface area contributed by atoms with Crippen LogP contribution in [0, 0.1) is 5.92 Å². The Labute approximate surface area is 210 Å². The zero-order valence-electron chi connectivity index (χ0n) is 21.1. The Kier molecular flexibility index (Phi) is 8.18. The lowest BCUT2D eigenvalue weighted by Crippen LogP contribution is -2.50. The molecule has 1 aliphatic rings. The topological polar surface area (TPSA) is 98.7 Å². The first-order valence-electron chi connectivity index (χ1n) is 11.8. The Hall–Kier alpha value is -2.37. The summed E-state index contributed by atoms with van der Waals surface area (Å²) in [4.78, 5) is 0.922. The van der Waals surface area contributed by atoms with E-state index in [0.29, 0.717) is 44.0 Å². The molecule has 4 rings (SSSR count). The molecule has 0 saturated carbocycles. The van der Waals surface area contributed by atoms with Gasteiger partial charge in [0, 0.05) is 18.4 Å². The quantitative estimate of drug-likeness (QED) is 0.414. The number of ether oxygens (including phenoxy) is 6. The minimum absolute atomic E-state index is 0.0207. The Morgan fingerprint density at radius 3 is 2.37 bits per heavy atom. The largest absolute Gasteiger partial charge is 0.496 e. The van der Waals surface area contributed by atoms with E-state index in [0.717, 1.165) is 46.5 Å². The maximum atomic E-state index is 7.23. The second-order valence-corrected chi connectivity index (χ2v) is 9.59. The minimum Gasteiger partial charge on any atom is -0.496 e. The maximum Gasteiger partial charge on any atom is 0.239 e. The van der Waals surface area contributed by atoms with Crippen molar-refractivity contribution in [2.24, 2.45) is 11.7 Å². The molecular formula is C25H35N3O6S. The molecule has 10 heteroatoms. The van der Waals surface area contributed by atoms with E-state index in [2.05, 4.69) is 12.3 Å². The molecule has 192 valence electrons. The van der Waals surface area contributed by atoms with Crippen LogP contribution in [-0.4, -0.2) is 58.1 Å². The van der Waals surface area contributed by atoms with Crippen molar-refractivity contribution in [1.82, 2.24) is 9.61 Å². The van der Waals surface area contributed by atoms with Crippen molar-refractivity contribution >= 4 is 16.2 Å². The zero-order chi connectivity index (χ0) is 25.0. The van der Waals surface area contributed by atoms with Gasteiger partial charge in [0.2, 0.25) is 5.88 Å². The SMILES string of the molecule is CCCCC(N)(c1c(OC)nn2c(-c3c(OC)cc(COC)cc3OC)csc12)C1COCOC1. The van der Waals surface area contributed by atoms with E-state index in [1.807, 2.05) is 16.6 Å². The smallest absolute Gasteiger partial charge is 0.239 e. The van der Waals surface area contributed by atoms with E-state index in [4.69, 9.17) is 39.3 Å². The molecule has 9 nitrogen and oxygen atoms in total. The number of benzene rings is 1. The number of rotatable bonds is 11. The van der Waals surface area contributed by atoms with E-state index in [1.165, 1.54) is 0 Å². The molecule has 1 fully saturated rings. The van der Waals surface area contributed by atoms with Gasteiger partial charge in [0.05, 0.1) is 63.5 Å². The highest BCUT2D eigenvalue weighted by Crippen LogP contribution is 2.47. The summed E-state index contributed by atoms with van der Waals surface area (Å²) in [6, 6.07) is 3.91. The third kappa shape index (κ3) is 4.73. The Morgan fingerprint density at radius 2 is 1.80 bits per heavy atom. The number of nitrogens with zero attached hydrogens (tertiary/aromatic N) is 2. The monoisotopic (exact) mass is 505 g/mol. The molecule has 2 aromatic heterocycles. The van der Waals surface area contributed by atoms with Crippen LogP contribution in [-0.2, 0) is 26.4 Å². The van der Waals surface area contributed by atoms with Gasteiger partial charge in [-0.25, -0.2) is 4.52 Å². The van der Waals surface area contributed by atoms with Gasteiger partial charge in [-0.1, -0.05) is 19.8 Å². The highest BCUT2D eigenvalue weighted by atomic mass is 32.1. The zero-order valence-corrected chi connectivity index (χ0v) is 21.9. The summed E-state index contributed by atoms with van der Waals surface area (Å²) in [6.07, 6.45) is 2.76. The van der Waals surface area contributed by atoms with Gasteiger partial charge in [0.15, 0.2) is 0 Å². The van der Waals surface area contributed by atoms with Gasteiger partial charge in [0.1, 0.15) is 23.1 Å². The van der Waals surface area contributed by atoms with Crippen LogP contribution in [0.15, 0.2) is 17.5 Å². The summed E-state index contributed by atoms with van der Waals surface area (Å²) in [6.45, 7) is 3.96. The van der Waals surface area contributed by atoms with E-state index in [1.54, 1.807) is 39.8 Å². The average molecular weight is 506 g/mol. The fourth-order valence-corrected chi connectivity index (χ4v) is 5.85. The second-order valence-electron chi connectivity index (χ2n) is 8.73. The van der Waals surface area contributed by atoms with Gasteiger partial charge in [-0.15, -0.1) is 16.4 Å². The van der Waals surface area contributed by atoms with Gasteiger partial charge in [-0.05, 0) is 24.1 Å². The third-order valence-electron chi connectivity index (χ3n) is 6.59. The number of unbranched alkanes of at least 4 members (excludes halogenated alkanes) is 1. The number of thiazole rings is 1. The Balaban J connectivity index is 1.90. The standard InChI is InChI=1S/C25H35N3O6S/c1-6-7-8-25(26,17-12-33-15-34-13-17)22-23(32-5)27-28-18(14-35-24(22)28)21-19(30-3)9-16(11-29-2)10-20(21)31-4/h9-10,14,17H,6-8,11-13,15,26H2,1-5H3. The van der Waals surface area contributed by atoms with Crippen LogP contribution in [0.1, 0.15) is 37.3 Å². The first-order valence-corrected chi connectivity index (χ1v) is 12.6. The molecule has 1 aliphatic heterocycles. The number of fused-ring (bicyclic) bond motifs is 1. The van der Waals surface area contributed by atoms with E-state index in [9.17, 15) is 0 Å². The highest BCUT2D eigenvalue weighted by Gasteiger charge is 2.43. The lowest BCUT2D eigenvalue weighted by Gasteiger charge is -2.39. The van der Waals surface area contributed by atoms with Crippen LogP contribution < -0.4 is 19.9 Å². The lowest BCUT2D eigenvalue weighted by atomic mass is 9.76. The summed E-state index contributed by atoms with van der Waals surface area (Å²) in [7, 11) is 6.58. The predicted octanol–water partition coefficient (Wildman–Crippen LogP) is 4.20. The normalized spacial score (nSPS) is 16.4. The minimum atomic E-state index is -0.720. The van der Waals surface area contributed by atoms with Gasteiger partial charge >= 0.3 is 0 Å². The molecular weight excluding hydrogens is 470 g/mol. The molecule has 1 atom stereocenters. The Bertz CT molecular complexity index is 1110. The van der Waals surface area contributed by atoms with E-state index >= 15 is 0 Å². The van der Waals surface area contributed by atoms with Gasteiger partial charge < -0.3 is 34.2 Å². The number of aromatic nitrogens is 2. The fraction of sp³-hybridized carbons (Fsp3) is 0.560. The summed E-state index contributed by atoms with van der Waals surface area (Å²) in [5.74, 6) is 1.83. The molecule has 1 unspecified atom stereocenters. The van der Waals surface area contributed by atoms with Gasteiger partial charge in [-0.3, -0.25) is 0 Å². The first kappa shape index (κ1) is 25.7. The van der Waals surface area contributed by atoms with Crippen molar-refractivity contribution in [1.29, 1.82) is 0 Å². The summed E-state index contributed by atoms with van der Waals surface area (Å²) in [5, 5.41) is 6.90. The van der Waals surface area contributed by atoms with Crippen molar-refractivity contribution in [2.45, 2.75) is 38.3 Å². The number of hydrogen-bond acceptors (Lipinski definition) is 9. The molecule has 35 heavy (non-hydrogen) atoms. The number of nitrogens with two attached hydrogens (primary N) is 1. The summed E-state index contributed by atoms with van der Waals surface area (Å²) < 4.78 is 35.8. The number of methoxy groups -OCH3 is 4. The molecule has 1 saturated heterocycles. The fourth-order valence-electron chi connectivity index (χ4n) is 4.78. The molecule has 0 spiro atoms. The van der Waals surface area contributed by atoms with E-state index in [-0.39, 0.29) is 5.92 Å². The predicted molar refractivity (Wildman–Crippen MR) is 135 cm³/mol. The molecule has 0 aliphatic carbocycles. The Morgan fingerprint density at radius 1 is 1.11 bits per heavy atom. The van der Waals surface area contributed by atoms with Crippen molar-refractivity contribution < 1.29 is 28.4 Å². The average Bonchev–Trinajstić information content (AvgIpc) is 3.46. The van der Waals surface area contributed by atoms with Crippen LogP contribution in [0.25, 0.3) is 16.1 Å². The molecule has 0 bridgehead atoms.